The first-order chi connectivity index (χ1) is 19.2. The van der Waals surface area contributed by atoms with Gasteiger partial charge >= 0.3 is 6.01 Å². The van der Waals surface area contributed by atoms with E-state index in [1.807, 2.05) is 11.0 Å². The Bertz CT molecular complexity index is 1660. The zero-order valence-electron chi connectivity index (χ0n) is 21.6. The topological polar surface area (TPSA) is 146 Å². The molecule has 2 aromatic heterocycles. The monoisotopic (exact) mass is 585 g/mol. The SMILES string of the molecule is CS(=O)(=O)c1nc2cc(OC[C@H](O)CN3CCN(C4CC(=O)N(c5nc6ccccc6o5)C4=O)CC3)ccc2s1. The number of piperazine rings is 1. The molecular formula is C26H27N5O7S2. The third-order valence-electron chi connectivity index (χ3n) is 7.01. The van der Waals surface area contributed by atoms with Crippen LogP contribution < -0.4 is 9.64 Å². The molecule has 2 aliphatic rings. The minimum absolute atomic E-state index is 0.00484. The molecule has 40 heavy (non-hydrogen) atoms. The lowest BCUT2D eigenvalue weighted by atomic mass is 10.1. The zero-order chi connectivity index (χ0) is 28.0. The highest BCUT2D eigenvalue weighted by Gasteiger charge is 2.45. The highest BCUT2D eigenvalue weighted by Crippen LogP contribution is 2.30. The Hall–Kier alpha value is -3.43. The maximum absolute atomic E-state index is 13.2. The fraction of sp³-hybridized carbons (Fsp3) is 0.385. The number of thiazole rings is 1. The number of anilines is 1. The van der Waals surface area contributed by atoms with Crippen molar-refractivity contribution in [3.63, 3.8) is 0 Å². The molecule has 0 saturated carbocycles. The van der Waals surface area contributed by atoms with Gasteiger partial charge in [0.05, 0.1) is 22.7 Å². The lowest BCUT2D eigenvalue weighted by Crippen LogP contribution is -2.54. The molecule has 210 valence electrons. The molecule has 2 fully saturated rings. The standard InChI is InChI=1S/C26H27N5O7S2/c1-40(35,36)26-28-19-12-17(6-7-22(19)39-26)37-15-16(32)14-29-8-10-30(11-9-29)20-13-23(33)31(24(20)34)25-27-18-4-2-3-5-21(18)38-25/h2-7,12,16,20,32H,8-11,13-15H2,1H3/t16-,20?/m1/s1. The average molecular weight is 586 g/mol. The second-order valence-electron chi connectivity index (χ2n) is 9.93. The summed E-state index contributed by atoms with van der Waals surface area (Å²) in [7, 11) is -3.38. The molecule has 1 unspecified atom stereocenters. The molecule has 2 atom stereocenters. The molecule has 0 aliphatic carbocycles. The van der Waals surface area contributed by atoms with E-state index >= 15 is 0 Å². The summed E-state index contributed by atoms with van der Waals surface area (Å²) >= 11 is 1.10. The summed E-state index contributed by atoms with van der Waals surface area (Å²) in [6, 6.07) is 11.7. The number of imide groups is 1. The number of nitrogens with zero attached hydrogens (tertiary/aromatic N) is 5. The number of oxazole rings is 1. The van der Waals surface area contributed by atoms with Crippen molar-refractivity contribution in [3.05, 3.63) is 42.5 Å². The van der Waals surface area contributed by atoms with E-state index in [1.54, 1.807) is 36.4 Å². The van der Waals surface area contributed by atoms with Crippen molar-refractivity contribution in [1.82, 2.24) is 19.8 Å². The van der Waals surface area contributed by atoms with Crippen molar-refractivity contribution in [2.75, 3.05) is 50.5 Å². The molecule has 4 aromatic rings. The van der Waals surface area contributed by atoms with Gasteiger partial charge in [0.1, 0.15) is 24.0 Å². The van der Waals surface area contributed by atoms with E-state index in [0.717, 1.165) is 27.2 Å². The van der Waals surface area contributed by atoms with Crippen LogP contribution in [0.2, 0.25) is 0 Å². The van der Waals surface area contributed by atoms with Crippen molar-refractivity contribution < 1.29 is 32.3 Å². The number of aromatic nitrogens is 2. The molecule has 2 amide bonds. The lowest BCUT2D eigenvalue weighted by molar-refractivity contribution is -0.123. The largest absolute Gasteiger partial charge is 0.491 e. The first-order valence-corrected chi connectivity index (χ1v) is 15.5. The van der Waals surface area contributed by atoms with Crippen LogP contribution in [-0.4, -0.2) is 103 Å². The highest BCUT2D eigenvalue weighted by atomic mass is 32.2. The minimum Gasteiger partial charge on any atom is -0.491 e. The number of ether oxygens (including phenoxy) is 1. The third-order valence-corrected chi connectivity index (χ3v) is 9.73. The molecule has 2 aromatic carbocycles. The van der Waals surface area contributed by atoms with Gasteiger partial charge in [-0.1, -0.05) is 12.1 Å². The van der Waals surface area contributed by atoms with Gasteiger partial charge in [-0.15, -0.1) is 11.3 Å². The van der Waals surface area contributed by atoms with Crippen LogP contribution >= 0.6 is 11.3 Å². The summed E-state index contributed by atoms with van der Waals surface area (Å²) in [5.74, 6) is -0.172. The normalized spacial score (nSPS) is 20.1. The van der Waals surface area contributed by atoms with Crippen LogP contribution in [0.4, 0.5) is 6.01 Å². The van der Waals surface area contributed by atoms with Crippen LogP contribution in [0, 0.1) is 0 Å². The second kappa shape index (κ2) is 10.5. The first-order valence-electron chi connectivity index (χ1n) is 12.8. The van der Waals surface area contributed by atoms with Crippen LogP contribution in [0.15, 0.2) is 51.2 Å². The number of aliphatic hydroxyl groups is 1. The Balaban J connectivity index is 1.00. The number of fused-ring (bicyclic) bond motifs is 2. The number of para-hydroxylation sites is 2. The van der Waals surface area contributed by atoms with Gasteiger partial charge in [-0.3, -0.25) is 19.4 Å². The van der Waals surface area contributed by atoms with Crippen molar-refractivity contribution >= 4 is 60.3 Å². The fourth-order valence-corrected chi connectivity index (χ4v) is 6.81. The smallest absolute Gasteiger partial charge is 0.312 e. The molecule has 6 rings (SSSR count). The van der Waals surface area contributed by atoms with Crippen molar-refractivity contribution in [1.29, 1.82) is 0 Å². The van der Waals surface area contributed by atoms with E-state index in [4.69, 9.17) is 9.15 Å². The minimum atomic E-state index is -3.38. The van der Waals surface area contributed by atoms with E-state index in [9.17, 15) is 23.1 Å². The summed E-state index contributed by atoms with van der Waals surface area (Å²) in [6.45, 7) is 2.83. The fourth-order valence-electron chi connectivity index (χ4n) is 4.99. The molecule has 2 saturated heterocycles. The number of rotatable bonds is 8. The Labute approximate surface area is 233 Å². The third kappa shape index (κ3) is 5.32. The highest BCUT2D eigenvalue weighted by molar-refractivity contribution is 7.92. The lowest BCUT2D eigenvalue weighted by Gasteiger charge is -2.37. The van der Waals surface area contributed by atoms with E-state index in [1.165, 1.54) is 0 Å². The van der Waals surface area contributed by atoms with Crippen LogP contribution in [0.5, 0.6) is 5.75 Å². The van der Waals surface area contributed by atoms with Gasteiger partial charge in [-0.05, 0) is 24.3 Å². The van der Waals surface area contributed by atoms with Gasteiger partial charge in [0.15, 0.2) is 5.58 Å². The average Bonchev–Trinajstić information content (AvgIpc) is 3.62. The Morgan fingerprint density at radius 1 is 1.10 bits per heavy atom. The van der Waals surface area contributed by atoms with Crippen LogP contribution in [0.25, 0.3) is 21.3 Å². The summed E-state index contributed by atoms with van der Waals surface area (Å²) < 4.78 is 35.7. The second-order valence-corrected chi connectivity index (χ2v) is 13.2. The van der Waals surface area contributed by atoms with Gasteiger partial charge in [0.2, 0.25) is 20.1 Å². The van der Waals surface area contributed by atoms with E-state index in [0.29, 0.717) is 55.1 Å². The number of β-amino-alcohol motifs (C(OH)–C–C–N with tert-alkyl or cyclic N) is 1. The predicted molar refractivity (Wildman–Crippen MR) is 147 cm³/mol. The van der Waals surface area contributed by atoms with Gasteiger partial charge < -0.3 is 14.3 Å². The predicted octanol–water partition coefficient (Wildman–Crippen LogP) is 1.53. The number of carbonyl (C=O) groups is 2. The molecule has 1 N–H and O–H groups in total. The number of benzene rings is 2. The van der Waals surface area contributed by atoms with Crippen LogP contribution in [-0.2, 0) is 19.4 Å². The molecule has 0 radical (unpaired) electrons. The van der Waals surface area contributed by atoms with Crippen LogP contribution in [0.3, 0.4) is 0 Å². The Kier molecular flexibility index (Phi) is 7.04. The number of hydrogen-bond acceptors (Lipinski definition) is 12. The molecule has 0 spiro atoms. The molecule has 4 heterocycles. The summed E-state index contributed by atoms with van der Waals surface area (Å²) in [4.78, 5) is 39.5. The van der Waals surface area contributed by atoms with Gasteiger partial charge in [0.25, 0.3) is 5.91 Å². The van der Waals surface area contributed by atoms with E-state index in [-0.39, 0.29) is 35.2 Å². The van der Waals surface area contributed by atoms with Crippen molar-refractivity contribution in [2.45, 2.75) is 22.9 Å². The first kappa shape index (κ1) is 26.8. The molecular weight excluding hydrogens is 558 g/mol. The van der Waals surface area contributed by atoms with E-state index < -0.39 is 22.0 Å². The quantitative estimate of drug-likeness (QED) is 0.300. The summed E-state index contributed by atoms with van der Waals surface area (Å²) in [6.07, 6.45) is 0.440. The number of amides is 2. The van der Waals surface area contributed by atoms with Crippen LogP contribution in [0.1, 0.15) is 6.42 Å². The van der Waals surface area contributed by atoms with E-state index in [2.05, 4.69) is 14.9 Å². The molecule has 12 nitrogen and oxygen atoms in total. The van der Waals surface area contributed by atoms with Gasteiger partial charge in [0, 0.05) is 45.0 Å². The van der Waals surface area contributed by atoms with Gasteiger partial charge in [-0.2, -0.15) is 4.98 Å². The summed E-state index contributed by atoms with van der Waals surface area (Å²) in [5, 5.41) is 10.6. The molecule has 0 bridgehead atoms. The maximum Gasteiger partial charge on any atom is 0.312 e. The molecule has 2 aliphatic heterocycles. The summed E-state index contributed by atoms with van der Waals surface area (Å²) in [5.41, 5.74) is 1.63. The maximum atomic E-state index is 13.2. The van der Waals surface area contributed by atoms with Gasteiger partial charge in [-0.25, -0.2) is 18.3 Å². The number of sulfone groups is 1. The van der Waals surface area contributed by atoms with Crippen molar-refractivity contribution in [2.24, 2.45) is 0 Å². The Morgan fingerprint density at radius 2 is 1.88 bits per heavy atom. The Morgan fingerprint density at radius 3 is 2.62 bits per heavy atom. The number of carbonyl (C=O) groups excluding carboxylic acids is 2. The zero-order valence-corrected chi connectivity index (χ0v) is 23.2. The number of hydrogen-bond donors (Lipinski definition) is 1. The molecule has 14 heteroatoms. The van der Waals surface area contributed by atoms with Crippen molar-refractivity contribution in [3.8, 4) is 5.75 Å². The number of aliphatic hydroxyl groups excluding tert-OH is 1.